The number of hydrogen-bond donors (Lipinski definition) is 0. The molecule has 21 heavy (non-hydrogen) atoms. The van der Waals surface area contributed by atoms with Crippen molar-refractivity contribution in [1.82, 2.24) is 4.98 Å². The second kappa shape index (κ2) is 4.08. The summed E-state index contributed by atoms with van der Waals surface area (Å²) in [5.41, 5.74) is 5.05. The molecular weight excluding hydrogens is 258 g/mol. The van der Waals surface area contributed by atoms with Gasteiger partial charge in [0.15, 0.2) is 5.58 Å². The van der Waals surface area contributed by atoms with Gasteiger partial charge in [0, 0.05) is 16.3 Å². The molecule has 0 unspecified atom stereocenters. The molecule has 0 aliphatic rings. The van der Waals surface area contributed by atoms with Crippen LogP contribution in [0.4, 0.5) is 0 Å². The molecule has 0 bridgehead atoms. The molecule has 2 aromatic carbocycles. The SMILES string of the molecule is CC(C)(C)c1c2ccccc2nc2c1oc1ccccc12. The first-order valence-corrected chi connectivity index (χ1v) is 7.26. The zero-order valence-corrected chi connectivity index (χ0v) is 12.5. The third kappa shape index (κ3) is 1.75. The van der Waals surface area contributed by atoms with Crippen LogP contribution in [0.3, 0.4) is 0 Å². The Morgan fingerprint density at radius 1 is 0.857 bits per heavy atom. The molecule has 4 aromatic rings. The number of benzene rings is 2. The van der Waals surface area contributed by atoms with Gasteiger partial charge in [-0.3, -0.25) is 0 Å². The van der Waals surface area contributed by atoms with Gasteiger partial charge in [-0.1, -0.05) is 51.1 Å². The number of para-hydroxylation sites is 2. The first-order chi connectivity index (χ1) is 10.1. The highest BCUT2D eigenvalue weighted by Crippen LogP contribution is 2.39. The lowest BCUT2D eigenvalue weighted by atomic mass is 9.84. The van der Waals surface area contributed by atoms with E-state index in [1.807, 2.05) is 24.3 Å². The lowest BCUT2D eigenvalue weighted by Crippen LogP contribution is -2.12. The molecule has 0 saturated heterocycles. The summed E-state index contributed by atoms with van der Waals surface area (Å²) >= 11 is 0. The molecule has 0 amide bonds. The molecule has 0 aliphatic heterocycles. The maximum atomic E-state index is 6.16. The van der Waals surface area contributed by atoms with Crippen LogP contribution in [-0.4, -0.2) is 4.98 Å². The van der Waals surface area contributed by atoms with Gasteiger partial charge in [0.1, 0.15) is 11.1 Å². The Hall–Kier alpha value is -2.35. The highest BCUT2D eigenvalue weighted by Gasteiger charge is 2.24. The molecular formula is C19H17NO. The minimum absolute atomic E-state index is 0.00529. The van der Waals surface area contributed by atoms with E-state index in [0.29, 0.717) is 0 Å². The Kier molecular flexibility index (Phi) is 2.41. The Bertz CT molecular complexity index is 973. The van der Waals surface area contributed by atoms with Crippen LogP contribution in [0, 0.1) is 0 Å². The van der Waals surface area contributed by atoms with Crippen LogP contribution in [0.15, 0.2) is 52.9 Å². The third-order valence-electron chi connectivity index (χ3n) is 3.95. The number of aromatic nitrogens is 1. The van der Waals surface area contributed by atoms with Crippen LogP contribution in [0.1, 0.15) is 26.3 Å². The maximum absolute atomic E-state index is 6.16. The van der Waals surface area contributed by atoms with Gasteiger partial charge in [0.2, 0.25) is 0 Å². The average Bonchev–Trinajstić information content (AvgIpc) is 2.81. The summed E-state index contributed by atoms with van der Waals surface area (Å²) < 4.78 is 6.16. The number of nitrogens with zero attached hydrogens (tertiary/aromatic N) is 1. The monoisotopic (exact) mass is 275 g/mol. The molecule has 104 valence electrons. The molecule has 0 aliphatic carbocycles. The fraction of sp³-hybridized carbons (Fsp3) is 0.211. The number of hydrogen-bond acceptors (Lipinski definition) is 2. The van der Waals surface area contributed by atoms with Crippen molar-refractivity contribution in [3.63, 3.8) is 0 Å². The Labute approximate surface area is 123 Å². The van der Waals surface area contributed by atoms with E-state index < -0.39 is 0 Å². The zero-order chi connectivity index (χ0) is 14.6. The lowest BCUT2D eigenvalue weighted by molar-refractivity contribution is 0.577. The van der Waals surface area contributed by atoms with Crippen molar-refractivity contribution >= 4 is 33.0 Å². The van der Waals surface area contributed by atoms with E-state index in [0.717, 1.165) is 27.6 Å². The van der Waals surface area contributed by atoms with Gasteiger partial charge >= 0.3 is 0 Å². The molecule has 0 spiro atoms. The lowest BCUT2D eigenvalue weighted by Gasteiger charge is -2.21. The van der Waals surface area contributed by atoms with E-state index >= 15 is 0 Å². The van der Waals surface area contributed by atoms with E-state index in [9.17, 15) is 0 Å². The largest absolute Gasteiger partial charge is 0.454 e. The standard InChI is InChI=1S/C19H17NO/c1-19(2,3)16-12-8-4-6-10-14(12)20-17-13-9-5-7-11-15(13)21-18(16)17/h4-11H,1-3H3. The molecule has 0 radical (unpaired) electrons. The predicted molar refractivity (Wildman–Crippen MR) is 87.7 cm³/mol. The van der Waals surface area contributed by atoms with Crippen LogP contribution in [-0.2, 0) is 5.41 Å². The predicted octanol–water partition coefficient (Wildman–Crippen LogP) is 5.43. The number of fused-ring (bicyclic) bond motifs is 4. The first-order valence-electron chi connectivity index (χ1n) is 7.26. The molecule has 0 N–H and O–H groups in total. The van der Waals surface area contributed by atoms with E-state index in [4.69, 9.17) is 9.40 Å². The second-order valence-electron chi connectivity index (χ2n) is 6.53. The second-order valence-corrected chi connectivity index (χ2v) is 6.53. The van der Waals surface area contributed by atoms with Crippen molar-refractivity contribution in [1.29, 1.82) is 0 Å². The highest BCUT2D eigenvalue weighted by molar-refractivity contribution is 6.08. The maximum Gasteiger partial charge on any atom is 0.158 e. The average molecular weight is 275 g/mol. The molecule has 2 heterocycles. The van der Waals surface area contributed by atoms with Gasteiger partial charge in [-0.15, -0.1) is 0 Å². The molecule has 2 aromatic heterocycles. The quantitative estimate of drug-likeness (QED) is 0.427. The van der Waals surface area contributed by atoms with Crippen LogP contribution in [0.5, 0.6) is 0 Å². The van der Waals surface area contributed by atoms with Gasteiger partial charge in [-0.2, -0.15) is 0 Å². The normalized spacial score (nSPS) is 12.5. The molecule has 0 saturated carbocycles. The number of pyridine rings is 1. The molecule has 0 fully saturated rings. The van der Waals surface area contributed by atoms with Crippen molar-refractivity contribution in [2.75, 3.05) is 0 Å². The molecule has 2 heteroatoms. The van der Waals surface area contributed by atoms with Crippen molar-refractivity contribution in [3.05, 3.63) is 54.1 Å². The Morgan fingerprint density at radius 2 is 1.52 bits per heavy atom. The zero-order valence-electron chi connectivity index (χ0n) is 12.5. The summed E-state index contributed by atoms with van der Waals surface area (Å²) in [7, 11) is 0. The van der Waals surface area contributed by atoms with E-state index in [1.54, 1.807) is 0 Å². The van der Waals surface area contributed by atoms with Crippen molar-refractivity contribution < 1.29 is 4.42 Å². The van der Waals surface area contributed by atoms with Gasteiger partial charge in [-0.25, -0.2) is 4.98 Å². The summed E-state index contributed by atoms with van der Waals surface area (Å²) in [5, 5.41) is 2.26. The summed E-state index contributed by atoms with van der Waals surface area (Å²) in [6, 6.07) is 16.4. The Morgan fingerprint density at radius 3 is 2.29 bits per heavy atom. The summed E-state index contributed by atoms with van der Waals surface area (Å²) in [6.45, 7) is 6.67. The minimum atomic E-state index is -0.00529. The smallest absolute Gasteiger partial charge is 0.158 e. The summed E-state index contributed by atoms with van der Waals surface area (Å²) in [4.78, 5) is 4.85. The fourth-order valence-electron chi connectivity index (χ4n) is 3.08. The van der Waals surface area contributed by atoms with Crippen LogP contribution in [0.25, 0.3) is 33.0 Å². The van der Waals surface area contributed by atoms with E-state index in [-0.39, 0.29) is 5.41 Å². The first kappa shape index (κ1) is 12.4. The van der Waals surface area contributed by atoms with Crippen molar-refractivity contribution in [2.45, 2.75) is 26.2 Å². The molecule has 0 atom stereocenters. The number of rotatable bonds is 0. The van der Waals surface area contributed by atoms with Gasteiger partial charge < -0.3 is 4.42 Å². The molecule has 4 rings (SSSR count). The van der Waals surface area contributed by atoms with E-state index in [2.05, 4.69) is 45.0 Å². The van der Waals surface area contributed by atoms with Crippen LogP contribution >= 0.6 is 0 Å². The van der Waals surface area contributed by atoms with Crippen molar-refractivity contribution in [3.8, 4) is 0 Å². The molecule has 2 nitrogen and oxygen atoms in total. The highest BCUT2D eigenvalue weighted by atomic mass is 16.3. The summed E-state index contributed by atoms with van der Waals surface area (Å²) in [5.74, 6) is 0. The Balaban J connectivity index is 2.32. The topological polar surface area (TPSA) is 26.0 Å². The van der Waals surface area contributed by atoms with Crippen LogP contribution < -0.4 is 0 Å². The van der Waals surface area contributed by atoms with Gasteiger partial charge in [0.05, 0.1) is 5.52 Å². The van der Waals surface area contributed by atoms with E-state index in [1.165, 1.54) is 10.9 Å². The fourth-order valence-corrected chi connectivity index (χ4v) is 3.08. The van der Waals surface area contributed by atoms with Crippen LogP contribution in [0.2, 0.25) is 0 Å². The third-order valence-corrected chi connectivity index (χ3v) is 3.95. The van der Waals surface area contributed by atoms with Gasteiger partial charge in [-0.05, 0) is 23.6 Å². The van der Waals surface area contributed by atoms with Crippen molar-refractivity contribution in [2.24, 2.45) is 0 Å². The number of furan rings is 1. The minimum Gasteiger partial charge on any atom is -0.454 e. The summed E-state index contributed by atoms with van der Waals surface area (Å²) in [6.07, 6.45) is 0. The van der Waals surface area contributed by atoms with Gasteiger partial charge in [0.25, 0.3) is 0 Å².